The molecule has 0 aromatic carbocycles. The first-order valence-electron chi connectivity index (χ1n) is 5.54. The third kappa shape index (κ3) is 9.01. The molecule has 0 unspecified atom stereocenters. The van der Waals surface area contributed by atoms with Crippen LogP contribution in [0.25, 0.3) is 0 Å². The molecule has 0 aliphatic rings. The maximum Gasteiger partial charge on any atom is 0.469 e. The summed E-state index contributed by atoms with van der Waals surface area (Å²) in [6.07, 6.45) is 0.0257. The molecular weight excluding hydrogens is 297 g/mol. The fourth-order valence-corrected chi connectivity index (χ4v) is 2.08. The number of thiol groups is 1. The number of amides is 1. The Labute approximate surface area is 116 Å². The normalized spacial score (nSPS) is 14.7. The molecule has 0 rings (SSSR count). The first kappa shape index (κ1) is 18.4. The predicted octanol–water partition coefficient (Wildman–Crippen LogP) is 0.154. The Morgan fingerprint density at radius 3 is 2.37 bits per heavy atom. The number of hydrogen-bond donors (Lipinski definition) is 5. The van der Waals surface area contributed by atoms with Gasteiger partial charge in [-0.15, -0.1) is 0 Å². The predicted molar refractivity (Wildman–Crippen MR) is 69.9 cm³/mol. The van der Waals surface area contributed by atoms with Crippen molar-refractivity contribution in [2.75, 3.05) is 5.75 Å². The average Bonchev–Trinajstić information content (AvgIpc) is 2.23. The van der Waals surface area contributed by atoms with E-state index in [9.17, 15) is 14.2 Å². The van der Waals surface area contributed by atoms with Crippen LogP contribution in [0.1, 0.15) is 26.2 Å². The quantitative estimate of drug-likeness (QED) is 0.232. The molecule has 2 atom stereocenters. The second-order valence-corrected chi connectivity index (χ2v) is 5.50. The Morgan fingerprint density at radius 2 is 1.95 bits per heavy atom. The summed E-state index contributed by atoms with van der Waals surface area (Å²) in [5.41, 5.74) is 0. The van der Waals surface area contributed by atoms with E-state index in [1.807, 2.05) is 0 Å². The molecule has 0 aromatic rings. The minimum absolute atomic E-state index is 0.118. The van der Waals surface area contributed by atoms with Gasteiger partial charge in [-0.1, -0.05) is 0 Å². The van der Waals surface area contributed by atoms with Gasteiger partial charge in [-0.05, 0) is 25.5 Å². The third-order valence-corrected chi connectivity index (χ3v) is 3.09. The summed E-state index contributed by atoms with van der Waals surface area (Å²) < 4.78 is 14.9. The van der Waals surface area contributed by atoms with Gasteiger partial charge in [0.05, 0.1) is 6.10 Å². The highest BCUT2D eigenvalue weighted by atomic mass is 32.1. The van der Waals surface area contributed by atoms with Crippen molar-refractivity contribution in [1.29, 1.82) is 0 Å². The summed E-state index contributed by atoms with van der Waals surface area (Å²) in [5.74, 6) is -1.33. The molecular formula is C9H18NO7PS. The Balaban J connectivity index is 4.45. The van der Waals surface area contributed by atoms with Gasteiger partial charge >= 0.3 is 13.8 Å². The maximum absolute atomic E-state index is 11.5. The van der Waals surface area contributed by atoms with Crippen LogP contribution in [0.5, 0.6) is 0 Å². The number of hydrogen-bond acceptors (Lipinski definition) is 5. The number of phosphoric acid groups is 1. The van der Waals surface area contributed by atoms with E-state index in [2.05, 4.69) is 22.5 Å². The topological polar surface area (TPSA) is 133 Å². The molecule has 4 N–H and O–H groups in total. The number of carbonyl (C=O) groups excluding carboxylic acids is 1. The standard InChI is InChI=1S/C9H18NO7PS/c1-6(17-18(14,15)16)8(9(12)13)10-7(11)4-2-3-5-19/h6,8,19H,2-5H2,1H3,(H,10,11)(H,12,13)(H2,14,15,16)/t6-,8+/m1/s1. The molecule has 0 aliphatic heterocycles. The van der Waals surface area contributed by atoms with E-state index in [0.29, 0.717) is 18.6 Å². The zero-order valence-electron chi connectivity index (χ0n) is 10.4. The highest BCUT2D eigenvalue weighted by Gasteiger charge is 2.31. The fourth-order valence-electron chi connectivity index (χ4n) is 1.30. The van der Waals surface area contributed by atoms with Gasteiger partial charge in [0.2, 0.25) is 5.91 Å². The lowest BCUT2D eigenvalue weighted by Gasteiger charge is -2.21. The summed E-state index contributed by atoms with van der Waals surface area (Å²) in [4.78, 5) is 39.6. The van der Waals surface area contributed by atoms with Crippen LogP contribution in [-0.4, -0.2) is 44.7 Å². The molecule has 0 spiro atoms. The van der Waals surface area contributed by atoms with Crippen LogP contribution >= 0.6 is 20.5 Å². The van der Waals surface area contributed by atoms with Crippen molar-refractivity contribution in [3.05, 3.63) is 0 Å². The molecule has 0 saturated heterocycles. The number of phosphoric ester groups is 1. The van der Waals surface area contributed by atoms with Gasteiger partial charge in [0.1, 0.15) is 0 Å². The summed E-state index contributed by atoms with van der Waals surface area (Å²) in [6, 6.07) is -1.52. The van der Waals surface area contributed by atoms with Gasteiger partial charge in [0, 0.05) is 6.42 Å². The second kappa shape index (κ2) is 8.55. The molecule has 1 amide bonds. The van der Waals surface area contributed by atoms with Crippen molar-refractivity contribution >= 4 is 32.3 Å². The van der Waals surface area contributed by atoms with Gasteiger partial charge in [-0.25, -0.2) is 9.36 Å². The summed E-state index contributed by atoms with van der Waals surface area (Å²) in [6.45, 7) is 1.16. The third-order valence-electron chi connectivity index (χ3n) is 2.17. The molecule has 0 radical (unpaired) electrons. The first-order valence-corrected chi connectivity index (χ1v) is 7.70. The van der Waals surface area contributed by atoms with Crippen LogP contribution in [0.2, 0.25) is 0 Å². The number of carboxylic acids is 1. The molecule has 0 heterocycles. The second-order valence-electron chi connectivity index (χ2n) is 3.87. The van der Waals surface area contributed by atoms with Gasteiger partial charge in [-0.3, -0.25) is 9.32 Å². The minimum Gasteiger partial charge on any atom is -0.480 e. The molecule has 112 valence electrons. The largest absolute Gasteiger partial charge is 0.480 e. The lowest BCUT2D eigenvalue weighted by Crippen LogP contribution is -2.48. The molecule has 0 saturated carbocycles. The van der Waals surface area contributed by atoms with Crippen molar-refractivity contribution in [3.63, 3.8) is 0 Å². The molecule has 0 aliphatic carbocycles. The summed E-state index contributed by atoms with van der Waals surface area (Å²) in [5, 5.41) is 11.1. The van der Waals surface area contributed by atoms with Gasteiger partial charge in [-0.2, -0.15) is 12.6 Å². The zero-order valence-corrected chi connectivity index (χ0v) is 12.1. The maximum atomic E-state index is 11.5. The monoisotopic (exact) mass is 315 g/mol. The van der Waals surface area contributed by atoms with E-state index in [-0.39, 0.29) is 6.42 Å². The average molecular weight is 315 g/mol. The van der Waals surface area contributed by atoms with E-state index in [0.717, 1.165) is 6.92 Å². The molecule has 0 aromatic heterocycles. The number of carboxylic acid groups (broad SMARTS) is 1. The van der Waals surface area contributed by atoms with Crippen molar-refractivity contribution in [1.82, 2.24) is 5.32 Å². The Hall–Kier alpha value is -0.600. The van der Waals surface area contributed by atoms with Gasteiger partial charge in [0.25, 0.3) is 0 Å². The number of rotatable bonds is 9. The van der Waals surface area contributed by atoms with Crippen LogP contribution in [-0.2, 0) is 18.7 Å². The van der Waals surface area contributed by atoms with E-state index in [1.54, 1.807) is 0 Å². The van der Waals surface area contributed by atoms with Crippen LogP contribution in [0.15, 0.2) is 0 Å². The molecule has 8 nitrogen and oxygen atoms in total. The van der Waals surface area contributed by atoms with Crippen molar-refractivity contribution in [3.8, 4) is 0 Å². The molecule has 0 fully saturated rings. The lowest BCUT2D eigenvalue weighted by atomic mass is 10.1. The van der Waals surface area contributed by atoms with Crippen molar-refractivity contribution in [2.45, 2.75) is 38.3 Å². The molecule has 10 heteroatoms. The Bertz CT molecular complexity index is 358. The molecule has 0 bridgehead atoms. The lowest BCUT2D eigenvalue weighted by molar-refractivity contribution is -0.144. The van der Waals surface area contributed by atoms with Crippen LogP contribution in [0.3, 0.4) is 0 Å². The first-order chi connectivity index (χ1) is 8.67. The Morgan fingerprint density at radius 1 is 1.37 bits per heavy atom. The van der Waals surface area contributed by atoms with Crippen LogP contribution < -0.4 is 5.32 Å². The zero-order chi connectivity index (χ0) is 15.1. The minimum atomic E-state index is -4.81. The summed E-state index contributed by atoms with van der Waals surface area (Å²) >= 11 is 3.97. The summed E-state index contributed by atoms with van der Waals surface area (Å²) in [7, 11) is -4.81. The van der Waals surface area contributed by atoms with Gasteiger partial charge < -0.3 is 20.2 Å². The van der Waals surface area contributed by atoms with Gasteiger partial charge in [0.15, 0.2) is 6.04 Å². The van der Waals surface area contributed by atoms with E-state index in [4.69, 9.17) is 14.9 Å². The Kier molecular flexibility index (Phi) is 8.28. The van der Waals surface area contributed by atoms with Crippen LogP contribution in [0.4, 0.5) is 0 Å². The smallest absolute Gasteiger partial charge is 0.469 e. The molecule has 19 heavy (non-hydrogen) atoms. The van der Waals surface area contributed by atoms with Crippen LogP contribution in [0, 0.1) is 0 Å². The van der Waals surface area contributed by atoms with E-state index < -0.39 is 31.8 Å². The van der Waals surface area contributed by atoms with E-state index >= 15 is 0 Å². The van der Waals surface area contributed by atoms with Crippen molar-refractivity contribution in [2.24, 2.45) is 0 Å². The highest BCUT2D eigenvalue weighted by molar-refractivity contribution is 7.80. The number of unbranched alkanes of at least 4 members (excludes halogenated alkanes) is 1. The number of aliphatic carboxylic acids is 1. The number of carbonyl (C=O) groups is 2. The number of nitrogens with one attached hydrogen (secondary N) is 1. The fraction of sp³-hybridized carbons (Fsp3) is 0.778. The highest BCUT2D eigenvalue weighted by Crippen LogP contribution is 2.38. The van der Waals surface area contributed by atoms with E-state index in [1.165, 1.54) is 0 Å². The SMILES string of the molecule is C[C@@H](OP(=O)(O)O)[C@H](NC(=O)CCCCS)C(=O)O. The van der Waals surface area contributed by atoms with Crippen molar-refractivity contribution < 1.29 is 33.6 Å².